The topological polar surface area (TPSA) is 104 Å². The van der Waals surface area contributed by atoms with Crippen LogP contribution in [-0.2, 0) is 0 Å². The van der Waals surface area contributed by atoms with Gasteiger partial charge in [0.1, 0.15) is 23.0 Å². The lowest BCUT2D eigenvalue weighted by Gasteiger charge is -2.43. The SMILES string of the molecule is CN(C)C1CN(c2ccc(-n3cc(C(=O)O)c(=O)c4cc(Cl)c(N5CCC[C@@H]5COc5ncccc5Cl)cc43)cn2)C1. The molecule has 0 spiro atoms. The van der Waals surface area contributed by atoms with Crippen molar-refractivity contribution in [1.82, 2.24) is 19.4 Å². The van der Waals surface area contributed by atoms with Gasteiger partial charge < -0.3 is 29.1 Å². The number of carboxylic acid groups (broad SMARTS) is 1. The van der Waals surface area contributed by atoms with E-state index in [0.29, 0.717) is 39.8 Å². The lowest BCUT2D eigenvalue weighted by Crippen LogP contribution is -2.57. The van der Waals surface area contributed by atoms with Gasteiger partial charge in [0.25, 0.3) is 0 Å². The first-order valence-electron chi connectivity index (χ1n) is 13.7. The highest BCUT2D eigenvalue weighted by molar-refractivity contribution is 6.34. The molecule has 2 saturated heterocycles. The molecule has 0 bridgehead atoms. The molecule has 218 valence electrons. The van der Waals surface area contributed by atoms with Gasteiger partial charge in [-0.15, -0.1) is 0 Å². The maximum absolute atomic E-state index is 13.2. The molecule has 2 aliphatic heterocycles. The third-order valence-electron chi connectivity index (χ3n) is 8.05. The van der Waals surface area contributed by atoms with E-state index in [0.717, 1.165) is 44.0 Å². The van der Waals surface area contributed by atoms with Crippen molar-refractivity contribution in [2.24, 2.45) is 0 Å². The number of hydrogen-bond donors (Lipinski definition) is 1. The predicted molar refractivity (Wildman–Crippen MR) is 164 cm³/mol. The van der Waals surface area contributed by atoms with Crippen LogP contribution in [-0.4, -0.2) is 82.9 Å². The molecule has 1 aromatic carbocycles. The normalized spacial score (nSPS) is 17.2. The number of carbonyl (C=O) groups is 1. The molecule has 1 N–H and O–H groups in total. The van der Waals surface area contributed by atoms with Crippen molar-refractivity contribution in [2.75, 3.05) is 50.1 Å². The van der Waals surface area contributed by atoms with Crippen LogP contribution in [0.3, 0.4) is 0 Å². The number of carboxylic acids is 1. The number of hydrogen-bond acceptors (Lipinski definition) is 8. The van der Waals surface area contributed by atoms with Gasteiger partial charge in [-0.05, 0) is 63.3 Å². The average Bonchev–Trinajstić information content (AvgIpc) is 3.40. The Morgan fingerprint density at radius 3 is 2.64 bits per heavy atom. The Morgan fingerprint density at radius 2 is 1.95 bits per heavy atom. The highest BCUT2D eigenvalue weighted by atomic mass is 35.5. The largest absolute Gasteiger partial charge is 0.477 e. The summed E-state index contributed by atoms with van der Waals surface area (Å²) in [4.78, 5) is 40.7. The Hall–Kier alpha value is -3.86. The van der Waals surface area contributed by atoms with E-state index in [1.165, 1.54) is 6.20 Å². The Morgan fingerprint density at radius 1 is 1.14 bits per heavy atom. The van der Waals surface area contributed by atoms with E-state index in [2.05, 4.69) is 38.8 Å². The van der Waals surface area contributed by atoms with E-state index in [1.54, 1.807) is 35.2 Å². The van der Waals surface area contributed by atoms with Crippen LogP contribution in [0.2, 0.25) is 10.0 Å². The van der Waals surface area contributed by atoms with Crippen molar-refractivity contribution in [2.45, 2.75) is 24.9 Å². The van der Waals surface area contributed by atoms with Crippen LogP contribution in [0.5, 0.6) is 5.88 Å². The maximum atomic E-state index is 13.2. The summed E-state index contributed by atoms with van der Waals surface area (Å²) in [7, 11) is 4.13. The fraction of sp³-hybridized carbons (Fsp3) is 0.333. The van der Waals surface area contributed by atoms with E-state index >= 15 is 0 Å². The smallest absolute Gasteiger partial charge is 0.341 e. The molecule has 6 rings (SSSR count). The zero-order valence-electron chi connectivity index (χ0n) is 23.2. The number of benzene rings is 1. The summed E-state index contributed by atoms with van der Waals surface area (Å²) in [5.41, 5.74) is 0.976. The van der Waals surface area contributed by atoms with Crippen molar-refractivity contribution >= 4 is 51.6 Å². The average molecular weight is 610 g/mol. The van der Waals surface area contributed by atoms with Crippen LogP contribution in [0.15, 0.2) is 59.8 Å². The number of pyridine rings is 3. The summed E-state index contributed by atoms with van der Waals surface area (Å²) in [6, 6.07) is 11.2. The summed E-state index contributed by atoms with van der Waals surface area (Å²) < 4.78 is 7.65. The van der Waals surface area contributed by atoms with Crippen LogP contribution >= 0.6 is 23.2 Å². The third kappa shape index (κ3) is 5.26. The lowest BCUT2D eigenvalue weighted by atomic mass is 10.1. The van der Waals surface area contributed by atoms with Crippen LogP contribution in [0.1, 0.15) is 23.2 Å². The van der Waals surface area contributed by atoms with Crippen molar-refractivity contribution in [3.63, 3.8) is 0 Å². The van der Waals surface area contributed by atoms with Crippen LogP contribution in [0.25, 0.3) is 16.6 Å². The maximum Gasteiger partial charge on any atom is 0.341 e. The Bertz CT molecular complexity index is 1710. The molecule has 12 heteroatoms. The number of likely N-dealkylation sites (N-methyl/N-ethyl adjacent to an activating group) is 1. The van der Waals surface area contributed by atoms with Crippen molar-refractivity contribution < 1.29 is 14.6 Å². The molecule has 0 aliphatic carbocycles. The molecule has 2 aliphatic rings. The molecule has 0 amide bonds. The molecular weight excluding hydrogens is 579 g/mol. The minimum atomic E-state index is -1.30. The van der Waals surface area contributed by atoms with E-state index < -0.39 is 11.4 Å². The van der Waals surface area contributed by atoms with Crippen molar-refractivity contribution in [1.29, 1.82) is 0 Å². The predicted octanol–water partition coefficient (Wildman–Crippen LogP) is 4.58. The summed E-state index contributed by atoms with van der Waals surface area (Å²) in [5.74, 6) is -0.0879. The van der Waals surface area contributed by atoms with Gasteiger partial charge >= 0.3 is 5.97 Å². The molecule has 1 atom stereocenters. The lowest BCUT2D eigenvalue weighted by molar-refractivity contribution is 0.0695. The number of fused-ring (bicyclic) bond motifs is 1. The first-order valence-corrected chi connectivity index (χ1v) is 14.5. The van der Waals surface area contributed by atoms with E-state index in [1.807, 2.05) is 18.2 Å². The van der Waals surface area contributed by atoms with E-state index in [4.69, 9.17) is 27.9 Å². The highest BCUT2D eigenvalue weighted by Gasteiger charge is 2.30. The van der Waals surface area contributed by atoms with Gasteiger partial charge in [0.05, 0.1) is 34.2 Å². The quantitative estimate of drug-likeness (QED) is 0.308. The molecule has 5 heterocycles. The Kier molecular flexibility index (Phi) is 7.69. The fourth-order valence-corrected chi connectivity index (χ4v) is 6.02. The summed E-state index contributed by atoms with van der Waals surface area (Å²) in [6.07, 6.45) is 6.50. The molecule has 3 aromatic heterocycles. The number of halogens is 2. The van der Waals surface area contributed by atoms with Gasteiger partial charge in [0, 0.05) is 43.5 Å². The first-order chi connectivity index (χ1) is 20.2. The highest BCUT2D eigenvalue weighted by Crippen LogP contribution is 2.36. The Balaban J connectivity index is 1.36. The molecule has 0 unspecified atom stereocenters. The molecule has 0 radical (unpaired) electrons. The minimum absolute atomic E-state index is 0.0000411. The molecule has 4 aromatic rings. The standard InChI is InChI=1S/C30H30Cl2N6O4/c1-35(2)20-14-36(15-20)27-8-7-18(13-34-27)38-16-22(30(40)41)28(39)21-11-24(32)26(12-25(21)38)37-10-4-5-19(37)17-42-29-23(31)6-3-9-33-29/h3,6-9,11-13,16,19-20H,4-5,10,14-15,17H2,1-2H3,(H,40,41)/t19-/m1/s1. The van der Waals surface area contributed by atoms with E-state index in [-0.39, 0.29) is 17.0 Å². The second kappa shape index (κ2) is 11.4. The number of aromatic nitrogens is 3. The molecule has 42 heavy (non-hydrogen) atoms. The number of rotatable bonds is 8. The van der Waals surface area contributed by atoms with Gasteiger partial charge in [-0.3, -0.25) is 4.79 Å². The Labute approximate surface area is 252 Å². The zero-order chi connectivity index (χ0) is 29.5. The molecule has 10 nitrogen and oxygen atoms in total. The second-order valence-corrected chi connectivity index (χ2v) is 11.7. The van der Waals surface area contributed by atoms with Gasteiger partial charge in [0.2, 0.25) is 11.3 Å². The molecular formula is C30H30Cl2N6O4. The monoisotopic (exact) mass is 608 g/mol. The fourth-order valence-electron chi connectivity index (χ4n) is 5.58. The van der Waals surface area contributed by atoms with Crippen molar-refractivity contribution in [3.05, 3.63) is 80.8 Å². The number of nitrogens with zero attached hydrogens (tertiary/aromatic N) is 6. The molecule has 0 saturated carbocycles. The summed E-state index contributed by atoms with van der Waals surface area (Å²) >= 11 is 13.0. The number of ether oxygens (including phenoxy) is 1. The van der Waals surface area contributed by atoms with Gasteiger partial charge in [-0.25, -0.2) is 14.8 Å². The summed E-state index contributed by atoms with van der Waals surface area (Å²) in [6.45, 7) is 2.87. The summed E-state index contributed by atoms with van der Waals surface area (Å²) in [5, 5.41) is 10.8. The van der Waals surface area contributed by atoms with Crippen LogP contribution in [0.4, 0.5) is 11.5 Å². The van der Waals surface area contributed by atoms with Crippen LogP contribution < -0.4 is 20.0 Å². The van der Waals surface area contributed by atoms with Crippen molar-refractivity contribution in [3.8, 4) is 11.6 Å². The van der Waals surface area contributed by atoms with Gasteiger partial charge in [-0.1, -0.05) is 23.2 Å². The number of anilines is 2. The molecule has 2 fully saturated rings. The third-order valence-corrected chi connectivity index (χ3v) is 8.64. The van der Waals surface area contributed by atoms with Crippen LogP contribution in [0, 0.1) is 0 Å². The van der Waals surface area contributed by atoms with Gasteiger partial charge in [-0.2, -0.15) is 0 Å². The van der Waals surface area contributed by atoms with Gasteiger partial charge in [0.15, 0.2) is 0 Å². The number of aromatic carboxylic acids is 1. The first kappa shape index (κ1) is 28.3. The minimum Gasteiger partial charge on any atom is -0.477 e. The second-order valence-electron chi connectivity index (χ2n) is 10.9. The zero-order valence-corrected chi connectivity index (χ0v) is 24.7. The van der Waals surface area contributed by atoms with E-state index in [9.17, 15) is 14.7 Å².